The van der Waals surface area contributed by atoms with Crippen LogP contribution in [0.3, 0.4) is 0 Å². The smallest absolute Gasteiger partial charge is 0.160 e. The minimum atomic E-state index is 0.0566. The Labute approximate surface area is 120 Å². The molecule has 0 atom stereocenters. The van der Waals surface area contributed by atoms with Gasteiger partial charge in [-0.05, 0) is 13.0 Å². The van der Waals surface area contributed by atoms with Crippen molar-refractivity contribution in [3.8, 4) is 0 Å². The molecule has 0 fully saturated rings. The highest BCUT2D eigenvalue weighted by molar-refractivity contribution is 7.99. The summed E-state index contributed by atoms with van der Waals surface area (Å²) in [6, 6.07) is 7.57. The van der Waals surface area contributed by atoms with Gasteiger partial charge in [-0.1, -0.05) is 30.0 Å². The molecule has 0 unspecified atom stereocenters. The van der Waals surface area contributed by atoms with E-state index in [9.17, 15) is 4.79 Å². The van der Waals surface area contributed by atoms with Crippen LogP contribution in [0.4, 0.5) is 0 Å². The van der Waals surface area contributed by atoms with Crippen LogP contribution in [0.15, 0.2) is 58.8 Å². The minimum absolute atomic E-state index is 0.0566. The summed E-state index contributed by atoms with van der Waals surface area (Å²) in [6.45, 7) is 1.58. The van der Waals surface area contributed by atoms with Gasteiger partial charge in [0.05, 0.1) is 12.4 Å². The summed E-state index contributed by atoms with van der Waals surface area (Å²) < 4.78 is 0. The van der Waals surface area contributed by atoms with Gasteiger partial charge in [0, 0.05) is 38.5 Å². The summed E-state index contributed by atoms with van der Waals surface area (Å²) in [5.74, 6) is 0.0566. The average molecular weight is 281 g/mol. The SMILES string of the molecule is CC(=O)c1ccccc1Sc1cncc2cnncc12. The predicted octanol–water partition coefficient (Wildman–Crippen LogP) is 3.38. The molecule has 3 aromatic rings. The van der Waals surface area contributed by atoms with Crippen molar-refractivity contribution in [2.24, 2.45) is 0 Å². The van der Waals surface area contributed by atoms with Gasteiger partial charge in [0.15, 0.2) is 5.78 Å². The Morgan fingerprint density at radius 1 is 1.00 bits per heavy atom. The maximum atomic E-state index is 11.7. The van der Waals surface area contributed by atoms with Gasteiger partial charge in [-0.2, -0.15) is 10.2 Å². The quantitative estimate of drug-likeness (QED) is 0.689. The highest BCUT2D eigenvalue weighted by atomic mass is 32.2. The number of fused-ring (bicyclic) bond motifs is 1. The normalized spacial score (nSPS) is 10.7. The minimum Gasteiger partial charge on any atom is -0.294 e. The lowest BCUT2D eigenvalue weighted by Crippen LogP contribution is -1.94. The highest BCUT2D eigenvalue weighted by Crippen LogP contribution is 2.34. The Morgan fingerprint density at radius 3 is 2.65 bits per heavy atom. The second-order valence-electron chi connectivity index (χ2n) is 4.28. The number of rotatable bonds is 3. The molecule has 0 bridgehead atoms. The number of nitrogens with zero attached hydrogens (tertiary/aromatic N) is 3. The standard InChI is InChI=1S/C15H11N3OS/c1-10(19)12-4-2-3-5-14(12)20-15-9-16-6-11-7-17-18-8-13(11)15/h2-9H,1H3. The number of Topliss-reactive ketones (excluding diaryl/α,β-unsaturated/α-hetero) is 1. The Morgan fingerprint density at radius 2 is 1.80 bits per heavy atom. The Hall–Kier alpha value is -2.27. The van der Waals surface area contributed by atoms with Gasteiger partial charge >= 0.3 is 0 Å². The van der Waals surface area contributed by atoms with Crippen molar-refractivity contribution < 1.29 is 4.79 Å². The monoisotopic (exact) mass is 281 g/mol. The van der Waals surface area contributed by atoms with Gasteiger partial charge in [-0.25, -0.2) is 0 Å². The third-order valence-electron chi connectivity index (χ3n) is 2.92. The third-order valence-corrected chi connectivity index (χ3v) is 4.04. The topological polar surface area (TPSA) is 55.7 Å². The van der Waals surface area contributed by atoms with Crippen LogP contribution < -0.4 is 0 Å². The number of ketones is 1. The van der Waals surface area contributed by atoms with Crippen molar-refractivity contribution in [1.29, 1.82) is 0 Å². The molecule has 2 heterocycles. The molecule has 0 amide bonds. The van der Waals surface area contributed by atoms with Crippen molar-refractivity contribution in [2.75, 3.05) is 0 Å². The zero-order chi connectivity index (χ0) is 13.9. The maximum Gasteiger partial charge on any atom is 0.160 e. The summed E-state index contributed by atoms with van der Waals surface area (Å²) in [5, 5.41) is 9.69. The van der Waals surface area contributed by atoms with E-state index in [1.807, 2.05) is 24.3 Å². The summed E-state index contributed by atoms with van der Waals surface area (Å²) in [6.07, 6.45) is 6.94. The van der Waals surface area contributed by atoms with E-state index in [-0.39, 0.29) is 5.78 Å². The zero-order valence-corrected chi connectivity index (χ0v) is 11.6. The van der Waals surface area contributed by atoms with E-state index >= 15 is 0 Å². The first-order chi connectivity index (χ1) is 9.75. The molecule has 5 heteroatoms. The number of benzene rings is 1. The average Bonchev–Trinajstić information content (AvgIpc) is 2.48. The summed E-state index contributed by atoms with van der Waals surface area (Å²) in [7, 11) is 0. The molecular weight excluding hydrogens is 270 g/mol. The number of hydrogen-bond acceptors (Lipinski definition) is 5. The van der Waals surface area contributed by atoms with Gasteiger partial charge in [0.2, 0.25) is 0 Å². The number of aromatic nitrogens is 3. The van der Waals surface area contributed by atoms with Gasteiger partial charge in [0.25, 0.3) is 0 Å². The first kappa shape index (κ1) is 12.7. The molecule has 20 heavy (non-hydrogen) atoms. The van der Waals surface area contributed by atoms with Crippen LogP contribution in [0.25, 0.3) is 10.8 Å². The maximum absolute atomic E-state index is 11.7. The number of pyridine rings is 1. The zero-order valence-electron chi connectivity index (χ0n) is 10.8. The van der Waals surface area contributed by atoms with Crippen LogP contribution in [-0.4, -0.2) is 21.0 Å². The summed E-state index contributed by atoms with van der Waals surface area (Å²) in [4.78, 5) is 17.8. The van der Waals surface area contributed by atoms with Crippen LogP contribution in [-0.2, 0) is 0 Å². The molecular formula is C15H11N3OS. The largest absolute Gasteiger partial charge is 0.294 e. The van der Waals surface area contributed by atoms with Crippen LogP contribution in [0.1, 0.15) is 17.3 Å². The van der Waals surface area contributed by atoms with Crippen LogP contribution in [0, 0.1) is 0 Å². The van der Waals surface area contributed by atoms with E-state index in [4.69, 9.17) is 0 Å². The lowest BCUT2D eigenvalue weighted by molar-refractivity contribution is 0.101. The molecule has 1 aromatic carbocycles. The molecule has 0 spiro atoms. The predicted molar refractivity (Wildman–Crippen MR) is 77.9 cm³/mol. The molecule has 0 aliphatic carbocycles. The Kier molecular flexibility index (Phi) is 3.43. The van der Waals surface area contributed by atoms with Crippen LogP contribution in [0.2, 0.25) is 0 Å². The van der Waals surface area contributed by atoms with Crippen molar-refractivity contribution in [2.45, 2.75) is 16.7 Å². The fourth-order valence-corrected chi connectivity index (χ4v) is 3.04. The lowest BCUT2D eigenvalue weighted by Gasteiger charge is -2.08. The number of hydrogen-bond donors (Lipinski definition) is 0. The molecule has 3 rings (SSSR count). The fourth-order valence-electron chi connectivity index (χ4n) is 1.94. The van der Waals surface area contributed by atoms with E-state index in [1.54, 1.807) is 31.7 Å². The third kappa shape index (κ3) is 2.40. The first-order valence-electron chi connectivity index (χ1n) is 6.08. The molecule has 0 saturated carbocycles. The molecule has 0 radical (unpaired) electrons. The summed E-state index contributed by atoms with van der Waals surface area (Å²) in [5.41, 5.74) is 0.719. The van der Waals surface area contributed by atoms with E-state index in [0.29, 0.717) is 0 Å². The van der Waals surface area contributed by atoms with Crippen molar-refractivity contribution in [3.63, 3.8) is 0 Å². The molecule has 4 nitrogen and oxygen atoms in total. The van der Waals surface area contributed by atoms with Crippen molar-refractivity contribution >= 4 is 28.3 Å². The molecule has 0 saturated heterocycles. The molecule has 0 aliphatic heterocycles. The van der Waals surface area contributed by atoms with E-state index in [1.165, 1.54) is 11.8 Å². The van der Waals surface area contributed by atoms with E-state index < -0.39 is 0 Å². The molecule has 0 N–H and O–H groups in total. The summed E-state index contributed by atoms with van der Waals surface area (Å²) >= 11 is 1.52. The Balaban J connectivity index is 2.08. The van der Waals surface area contributed by atoms with Crippen molar-refractivity contribution in [3.05, 3.63) is 54.6 Å². The number of carbonyl (C=O) groups excluding carboxylic acids is 1. The van der Waals surface area contributed by atoms with Crippen LogP contribution in [0.5, 0.6) is 0 Å². The highest BCUT2D eigenvalue weighted by Gasteiger charge is 2.10. The van der Waals surface area contributed by atoms with Gasteiger partial charge in [-0.15, -0.1) is 0 Å². The van der Waals surface area contributed by atoms with Crippen molar-refractivity contribution in [1.82, 2.24) is 15.2 Å². The fraction of sp³-hybridized carbons (Fsp3) is 0.0667. The molecule has 98 valence electrons. The van der Waals surface area contributed by atoms with E-state index in [0.717, 1.165) is 26.1 Å². The van der Waals surface area contributed by atoms with Crippen LogP contribution >= 0.6 is 11.8 Å². The Bertz CT molecular complexity index is 783. The van der Waals surface area contributed by atoms with Gasteiger partial charge in [-0.3, -0.25) is 9.78 Å². The molecule has 0 aliphatic rings. The van der Waals surface area contributed by atoms with Gasteiger partial charge < -0.3 is 0 Å². The molecule has 2 aromatic heterocycles. The van der Waals surface area contributed by atoms with E-state index in [2.05, 4.69) is 15.2 Å². The lowest BCUT2D eigenvalue weighted by atomic mass is 10.1. The second-order valence-corrected chi connectivity index (χ2v) is 5.37. The second kappa shape index (κ2) is 5.38. The van der Waals surface area contributed by atoms with Gasteiger partial charge in [0.1, 0.15) is 0 Å². The number of carbonyl (C=O) groups is 1. The first-order valence-corrected chi connectivity index (χ1v) is 6.89.